The maximum Gasteiger partial charge on any atom is 0.268 e. The van der Waals surface area contributed by atoms with Crippen LogP contribution < -0.4 is 48.4 Å². The summed E-state index contributed by atoms with van der Waals surface area (Å²) in [4.78, 5) is 139. The van der Waals surface area contributed by atoms with Gasteiger partial charge in [0.05, 0.1) is 28.4 Å². The molecule has 1 spiro atoms. The summed E-state index contributed by atoms with van der Waals surface area (Å²) in [5, 5.41) is 16.9. The Bertz CT molecular complexity index is 6190. The summed E-state index contributed by atoms with van der Waals surface area (Å²) in [5.41, 5.74) is 6.96. The van der Waals surface area contributed by atoms with E-state index in [-0.39, 0.29) is 85.3 Å². The molecule has 31 nitrogen and oxygen atoms in total. The molecule has 126 heavy (non-hydrogen) atoms. The molecule has 3 saturated heterocycles. The van der Waals surface area contributed by atoms with Crippen molar-refractivity contribution in [1.82, 2.24) is 82.0 Å². The Balaban J connectivity index is 0.000000106. The summed E-state index contributed by atoms with van der Waals surface area (Å²) in [5.74, 6) is 9.08. The van der Waals surface area contributed by atoms with Gasteiger partial charge in [0.1, 0.15) is 39.3 Å². The van der Waals surface area contributed by atoms with Gasteiger partial charge in [-0.2, -0.15) is 19.9 Å². The first-order valence-electron chi connectivity index (χ1n) is 45.6. The molecule has 32 heteroatoms. The maximum absolute atomic E-state index is 13.6. The number of piperidine rings is 1. The van der Waals surface area contributed by atoms with Gasteiger partial charge in [-0.15, -0.1) is 6.42 Å². The molecule has 662 valence electrons. The number of likely N-dealkylation sites (tertiary alicyclic amines) is 1. The zero-order valence-corrected chi connectivity index (χ0v) is 75.1. The van der Waals surface area contributed by atoms with Crippen LogP contribution in [-0.4, -0.2) is 221 Å². The minimum Gasteiger partial charge on any atom is -0.370 e. The van der Waals surface area contributed by atoms with Gasteiger partial charge in [-0.25, -0.2) is 32.7 Å². The van der Waals surface area contributed by atoms with Crippen LogP contribution in [0.1, 0.15) is 207 Å². The minimum atomic E-state index is -3.19. The molecule has 11 heterocycles. The summed E-state index contributed by atoms with van der Waals surface area (Å²) < 4.78 is 32.3. The number of anilines is 6. The minimum absolute atomic E-state index is 0.0475. The molecule has 26 rings (SSSR count). The fourth-order valence-electron chi connectivity index (χ4n) is 24.6. The van der Waals surface area contributed by atoms with Crippen LogP contribution in [0, 0.1) is 80.0 Å². The number of nitrogens with zero attached hydrogens (tertiary/aromatic N) is 18. The highest BCUT2D eigenvalue weighted by Crippen LogP contribution is 2.64. The highest BCUT2D eigenvalue weighted by molar-refractivity contribution is 7.88. The second-order valence-corrected chi connectivity index (χ2v) is 42.8. The number of nitrogens with one attached hydrogen (secondary N) is 4. The number of terminal acetylenes is 1. The molecule has 17 aliphatic rings. The lowest BCUT2D eigenvalue weighted by molar-refractivity contribution is -0.0886. The SMILES string of the molecule is C#Cc1cc2cnc(Nc3ccc(N4CC5(CN(C)C5)C4)cc3)nc2n(C2CCCC2)c1=O.Cc1c(C(=O)N(C)C)c(=O)n(C23CC(C2)C3)c2nc(NC3CC4CCC3C4)ncc12.Cc1c(C(=O)N(C)C)c(=O)n(C23CC(C2)C3)c2nc(NC3CC4CCC3C4)ncc12.Cc1c(C(=O)N(C)C)c(=O)n(C23CC(C2)C3)c2nc(NC3CCN(S(C)(=O)=O)CC3)ncc12. The number of sulfonamides is 1. The van der Waals surface area contributed by atoms with Crippen molar-refractivity contribution < 1.29 is 22.8 Å². The van der Waals surface area contributed by atoms with Crippen molar-refractivity contribution in [3.63, 3.8) is 0 Å². The molecular weight excluding hydrogens is 1610 g/mol. The number of hydrogen-bond donors (Lipinski definition) is 4. The van der Waals surface area contributed by atoms with Crippen molar-refractivity contribution in [3.8, 4) is 12.3 Å². The normalized spacial score (nSPS) is 27.7. The third-order valence-electron chi connectivity index (χ3n) is 31.6. The van der Waals surface area contributed by atoms with Gasteiger partial charge in [0.25, 0.3) is 40.0 Å². The van der Waals surface area contributed by atoms with Gasteiger partial charge in [-0.1, -0.05) is 31.6 Å². The van der Waals surface area contributed by atoms with E-state index in [2.05, 4.69) is 88.2 Å². The van der Waals surface area contributed by atoms with Gasteiger partial charge in [0.15, 0.2) is 0 Å². The van der Waals surface area contributed by atoms with E-state index in [1.807, 2.05) is 23.0 Å². The molecular formula is C94H116N22O9S. The van der Waals surface area contributed by atoms with Crippen LogP contribution >= 0.6 is 0 Å². The number of carbonyl (C=O) groups is 3. The lowest BCUT2D eigenvalue weighted by atomic mass is 9.49. The number of fused-ring (bicyclic) bond motifs is 8. The van der Waals surface area contributed by atoms with Gasteiger partial charge in [0.2, 0.25) is 33.8 Å². The first-order valence-corrected chi connectivity index (χ1v) is 47.5. The first-order chi connectivity index (χ1) is 60.3. The molecule has 8 aromatic heterocycles. The van der Waals surface area contributed by atoms with E-state index in [0.29, 0.717) is 123 Å². The lowest BCUT2D eigenvalue weighted by Crippen LogP contribution is -2.71. The van der Waals surface area contributed by atoms with Crippen molar-refractivity contribution in [1.29, 1.82) is 0 Å². The van der Waals surface area contributed by atoms with Gasteiger partial charge < -0.3 is 45.8 Å². The molecule has 14 saturated carbocycles. The van der Waals surface area contributed by atoms with Gasteiger partial charge in [0, 0.05) is 169 Å². The smallest absolute Gasteiger partial charge is 0.268 e. The number of carbonyl (C=O) groups excluding carboxylic acids is 3. The maximum atomic E-state index is 13.6. The van der Waals surface area contributed by atoms with Crippen LogP contribution in [0.2, 0.25) is 0 Å². The number of benzene rings is 1. The number of aromatic nitrogens is 12. The zero-order chi connectivity index (χ0) is 87.9. The summed E-state index contributed by atoms with van der Waals surface area (Å²) in [6, 6.07) is 11.2. The Morgan fingerprint density at radius 3 is 1.25 bits per heavy atom. The van der Waals surface area contributed by atoms with Crippen molar-refractivity contribution in [3.05, 3.63) is 135 Å². The van der Waals surface area contributed by atoms with Crippen LogP contribution in [-0.2, 0) is 26.6 Å². The van der Waals surface area contributed by atoms with Crippen LogP contribution in [0.25, 0.3) is 44.1 Å². The van der Waals surface area contributed by atoms with E-state index < -0.39 is 10.0 Å². The first kappa shape index (κ1) is 83.4. The molecule has 10 bridgehead atoms. The van der Waals surface area contributed by atoms with Crippen LogP contribution in [0.15, 0.2) is 74.3 Å². The molecule has 0 radical (unpaired) electrons. The Kier molecular flexibility index (Phi) is 20.5. The second-order valence-electron chi connectivity index (χ2n) is 40.8. The Labute approximate surface area is 732 Å². The quantitative estimate of drug-likeness (QED) is 0.0615. The molecule has 9 aromatic rings. The number of amides is 3. The number of hydrogen-bond acceptors (Lipinski definition) is 23. The highest BCUT2D eigenvalue weighted by Gasteiger charge is 2.62. The number of aryl methyl sites for hydroxylation is 3. The van der Waals surface area contributed by atoms with Gasteiger partial charge >= 0.3 is 0 Å². The highest BCUT2D eigenvalue weighted by atomic mass is 32.2. The Morgan fingerprint density at radius 2 is 0.897 bits per heavy atom. The van der Waals surface area contributed by atoms with Crippen molar-refractivity contribution in [2.24, 2.45) is 46.8 Å². The number of pyridine rings is 4. The van der Waals surface area contributed by atoms with Gasteiger partial charge in [-0.3, -0.25) is 51.8 Å². The predicted molar refractivity (Wildman–Crippen MR) is 485 cm³/mol. The largest absolute Gasteiger partial charge is 0.370 e. The zero-order valence-electron chi connectivity index (χ0n) is 74.3. The summed E-state index contributed by atoms with van der Waals surface area (Å²) in [7, 11) is 9.05. The van der Waals surface area contributed by atoms with Crippen LogP contribution in [0.3, 0.4) is 0 Å². The Hall–Kier alpha value is -10.8. The molecule has 3 aliphatic heterocycles. The standard InChI is InChI=1S/C26H28N6O.2C23H29N5O2.C22H30N6O4S/c1-3-18-12-19-13-27-25(29-23(19)32(24(18)33)22-6-4-5-7-22)28-20-8-10-21(11-9-20)31-16-26(17-31)14-30(2)15-26;2*1-12-16-11-24-22(25-17-7-13-4-5-15(17)6-13)26-19(16)28(23-8-14(9-23)10-23)21(30)18(12)20(29)27(2)3;1-13-16-12-23-21(24-15-5-7-27(8-6-15)33(4,31)32)25-18(16)28(22-9-14(10-22)11-22)20(30)17(13)19(29)26(2)3/h1,8-13,22H,4-7,14-17H2,2H3,(H,27,28,29);2*11,13-15,17H,4-10H2,1-3H3,(H,24,25,26);12,14-15H,5-11H2,1-4H3,(H,23,24,25). The summed E-state index contributed by atoms with van der Waals surface area (Å²) in [6.45, 7) is 11.1. The molecule has 14 aliphatic carbocycles. The van der Waals surface area contributed by atoms with E-state index >= 15 is 0 Å². The summed E-state index contributed by atoms with van der Waals surface area (Å²) in [6.07, 6.45) is 38.6. The van der Waals surface area contributed by atoms with Gasteiger partial charge in [-0.05, 0) is 238 Å². The van der Waals surface area contributed by atoms with Crippen molar-refractivity contribution >= 4 is 107 Å². The molecule has 1 aromatic carbocycles. The lowest BCUT2D eigenvalue weighted by Gasteiger charge is -2.62. The number of rotatable bonds is 17. The Morgan fingerprint density at radius 1 is 0.492 bits per heavy atom. The van der Waals surface area contributed by atoms with E-state index in [1.165, 1.54) is 95.4 Å². The monoisotopic (exact) mass is 1730 g/mol. The van der Waals surface area contributed by atoms with Crippen molar-refractivity contribution in [2.75, 3.05) is 121 Å². The van der Waals surface area contributed by atoms with E-state index in [9.17, 15) is 42.0 Å². The fourth-order valence-corrected chi connectivity index (χ4v) is 25.5. The average molecular weight is 1730 g/mol. The topological polar surface area (TPSA) is 344 Å². The van der Waals surface area contributed by atoms with Crippen LogP contribution in [0.4, 0.5) is 35.2 Å². The third kappa shape index (κ3) is 14.2. The van der Waals surface area contributed by atoms with Crippen molar-refractivity contribution in [2.45, 2.75) is 209 Å². The molecule has 6 unspecified atom stereocenters. The van der Waals surface area contributed by atoms with Crippen LogP contribution in [0.5, 0.6) is 0 Å². The van der Waals surface area contributed by atoms with E-state index in [0.717, 1.165) is 154 Å². The molecule has 6 atom stereocenters. The molecule has 3 amide bonds. The average Bonchev–Trinajstić information content (AvgIpc) is 0.799. The fraction of sp³-hybridized carbons (Fsp3) is 0.585. The third-order valence-corrected chi connectivity index (χ3v) is 32.9. The van der Waals surface area contributed by atoms with E-state index in [4.69, 9.17) is 26.4 Å². The predicted octanol–water partition coefficient (Wildman–Crippen LogP) is 10.4. The second kappa shape index (κ2) is 31.0. The summed E-state index contributed by atoms with van der Waals surface area (Å²) >= 11 is 0. The molecule has 4 N–H and O–H groups in total. The molecule has 17 fully saturated rings. The van der Waals surface area contributed by atoms with E-state index in [1.54, 1.807) is 89.2 Å².